The summed E-state index contributed by atoms with van der Waals surface area (Å²) in [6.07, 6.45) is 3.30. The summed E-state index contributed by atoms with van der Waals surface area (Å²) in [6, 6.07) is 25.3. The first-order valence-electron chi connectivity index (χ1n) is 9.11. The van der Waals surface area contributed by atoms with Gasteiger partial charge in [-0.15, -0.1) is 0 Å². The van der Waals surface area contributed by atoms with Gasteiger partial charge in [-0.1, -0.05) is 66.7 Å². The first-order valence-corrected chi connectivity index (χ1v) is 9.11. The number of amides is 1. The Morgan fingerprint density at radius 2 is 1.50 bits per heavy atom. The standard InChI is InChI=1S/C23H20N4O/c1-17-20(16-25-27(17)21-14-8-9-15-24-21)23(28)26-22(18-10-4-2-5-11-18)19-12-6-3-7-13-19/h2-16,22H,1H3,(H,26,28). The fourth-order valence-corrected chi connectivity index (χ4v) is 3.20. The molecule has 0 aliphatic heterocycles. The number of aromatic nitrogens is 3. The van der Waals surface area contributed by atoms with Gasteiger partial charge in [0.1, 0.15) is 0 Å². The summed E-state index contributed by atoms with van der Waals surface area (Å²) in [4.78, 5) is 17.4. The molecule has 0 unspecified atom stereocenters. The highest BCUT2D eigenvalue weighted by atomic mass is 16.1. The van der Waals surface area contributed by atoms with Crippen LogP contribution in [0.4, 0.5) is 0 Å². The zero-order chi connectivity index (χ0) is 19.3. The Hall–Kier alpha value is -3.73. The van der Waals surface area contributed by atoms with Crippen LogP contribution in [0.25, 0.3) is 5.82 Å². The number of carbonyl (C=O) groups is 1. The van der Waals surface area contributed by atoms with E-state index in [4.69, 9.17) is 0 Å². The molecule has 4 rings (SSSR count). The van der Waals surface area contributed by atoms with Crippen LogP contribution in [-0.4, -0.2) is 20.7 Å². The van der Waals surface area contributed by atoms with Gasteiger partial charge in [0.15, 0.2) is 5.82 Å². The molecule has 2 aromatic heterocycles. The number of benzene rings is 2. The minimum absolute atomic E-state index is 0.169. The Morgan fingerprint density at radius 1 is 0.893 bits per heavy atom. The van der Waals surface area contributed by atoms with Crippen molar-refractivity contribution in [2.45, 2.75) is 13.0 Å². The molecule has 0 spiro atoms. The Morgan fingerprint density at radius 3 is 2.07 bits per heavy atom. The van der Waals surface area contributed by atoms with Crippen LogP contribution in [0, 0.1) is 6.92 Å². The van der Waals surface area contributed by atoms with Crippen molar-refractivity contribution in [2.75, 3.05) is 0 Å². The number of hydrogen-bond acceptors (Lipinski definition) is 3. The molecule has 1 amide bonds. The van der Waals surface area contributed by atoms with Gasteiger partial charge >= 0.3 is 0 Å². The molecule has 0 aliphatic carbocycles. The van der Waals surface area contributed by atoms with Crippen molar-refractivity contribution in [2.24, 2.45) is 0 Å². The first kappa shape index (κ1) is 17.7. The summed E-state index contributed by atoms with van der Waals surface area (Å²) in [5, 5.41) is 7.51. The Kier molecular flexibility index (Phi) is 4.97. The number of nitrogens with one attached hydrogen (secondary N) is 1. The van der Waals surface area contributed by atoms with Gasteiger partial charge < -0.3 is 5.32 Å². The molecule has 0 radical (unpaired) electrons. The van der Waals surface area contributed by atoms with E-state index in [0.717, 1.165) is 16.8 Å². The zero-order valence-corrected chi connectivity index (χ0v) is 15.5. The number of nitrogens with zero attached hydrogens (tertiary/aromatic N) is 3. The van der Waals surface area contributed by atoms with E-state index < -0.39 is 0 Å². The molecule has 5 nitrogen and oxygen atoms in total. The highest BCUT2D eigenvalue weighted by Gasteiger charge is 2.21. The zero-order valence-electron chi connectivity index (χ0n) is 15.5. The minimum atomic E-state index is -0.243. The summed E-state index contributed by atoms with van der Waals surface area (Å²) in [5.74, 6) is 0.513. The lowest BCUT2D eigenvalue weighted by molar-refractivity contribution is 0.0942. The fourth-order valence-electron chi connectivity index (χ4n) is 3.20. The van der Waals surface area contributed by atoms with Crippen LogP contribution in [0.3, 0.4) is 0 Å². The normalized spacial score (nSPS) is 10.8. The van der Waals surface area contributed by atoms with E-state index in [1.54, 1.807) is 17.1 Å². The second-order valence-corrected chi connectivity index (χ2v) is 6.47. The Bertz CT molecular complexity index is 1020. The summed E-state index contributed by atoms with van der Waals surface area (Å²) in [7, 11) is 0. The van der Waals surface area contributed by atoms with Crippen molar-refractivity contribution < 1.29 is 4.79 Å². The van der Waals surface area contributed by atoms with E-state index >= 15 is 0 Å². The summed E-state index contributed by atoms with van der Waals surface area (Å²) < 4.78 is 1.68. The van der Waals surface area contributed by atoms with Crippen molar-refractivity contribution in [1.29, 1.82) is 0 Å². The summed E-state index contributed by atoms with van der Waals surface area (Å²) >= 11 is 0. The predicted octanol–water partition coefficient (Wildman–Crippen LogP) is 4.10. The molecule has 0 atom stereocenters. The molecular weight excluding hydrogens is 348 g/mol. The average molecular weight is 368 g/mol. The SMILES string of the molecule is Cc1c(C(=O)NC(c2ccccc2)c2ccccc2)cnn1-c1ccccn1. The van der Waals surface area contributed by atoms with Gasteiger partial charge in [-0.05, 0) is 30.2 Å². The van der Waals surface area contributed by atoms with Gasteiger partial charge in [0.25, 0.3) is 5.91 Å². The molecule has 0 bridgehead atoms. The molecule has 2 heterocycles. The number of hydrogen-bond donors (Lipinski definition) is 1. The Labute approximate surface area is 163 Å². The molecule has 0 aliphatic rings. The predicted molar refractivity (Wildman–Crippen MR) is 108 cm³/mol. The second-order valence-electron chi connectivity index (χ2n) is 6.47. The van der Waals surface area contributed by atoms with E-state index in [1.807, 2.05) is 85.8 Å². The molecule has 0 fully saturated rings. The lowest BCUT2D eigenvalue weighted by atomic mass is 9.98. The van der Waals surface area contributed by atoms with E-state index in [1.165, 1.54) is 0 Å². The van der Waals surface area contributed by atoms with Gasteiger partial charge in [0.05, 0.1) is 23.5 Å². The molecule has 1 N–H and O–H groups in total. The van der Waals surface area contributed by atoms with Crippen LogP contribution in [0.15, 0.2) is 91.3 Å². The molecular formula is C23H20N4O. The first-order chi connectivity index (χ1) is 13.7. The molecule has 4 aromatic rings. The lowest BCUT2D eigenvalue weighted by Gasteiger charge is -2.20. The maximum absolute atomic E-state index is 13.1. The smallest absolute Gasteiger partial charge is 0.255 e. The van der Waals surface area contributed by atoms with Crippen LogP contribution in [-0.2, 0) is 0 Å². The van der Waals surface area contributed by atoms with Crippen molar-refractivity contribution in [1.82, 2.24) is 20.1 Å². The molecule has 28 heavy (non-hydrogen) atoms. The molecule has 5 heteroatoms. The summed E-state index contributed by atoms with van der Waals surface area (Å²) in [6.45, 7) is 1.87. The van der Waals surface area contributed by atoms with Crippen molar-refractivity contribution in [3.05, 3.63) is 114 Å². The third-order valence-electron chi connectivity index (χ3n) is 4.66. The van der Waals surface area contributed by atoms with E-state index in [-0.39, 0.29) is 11.9 Å². The summed E-state index contributed by atoms with van der Waals surface area (Å²) in [5.41, 5.74) is 3.33. The van der Waals surface area contributed by atoms with Crippen molar-refractivity contribution in [3.63, 3.8) is 0 Å². The van der Waals surface area contributed by atoms with Crippen molar-refractivity contribution >= 4 is 5.91 Å². The molecule has 138 valence electrons. The van der Waals surface area contributed by atoms with E-state index in [9.17, 15) is 4.79 Å². The topological polar surface area (TPSA) is 59.8 Å². The largest absolute Gasteiger partial charge is 0.341 e. The monoisotopic (exact) mass is 368 g/mol. The molecule has 0 saturated heterocycles. The van der Waals surface area contributed by atoms with Crippen LogP contribution in [0.1, 0.15) is 33.2 Å². The Balaban J connectivity index is 1.65. The van der Waals surface area contributed by atoms with Crippen LogP contribution < -0.4 is 5.32 Å². The maximum atomic E-state index is 13.1. The molecule has 0 saturated carbocycles. The highest BCUT2D eigenvalue weighted by molar-refractivity contribution is 5.95. The van der Waals surface area contributed by atoms with Gasteiger partial charge in [0.2, 0.25) is 0 Å². The van der Waals surface area contributed by atoms with Gasteiger partial charge in [-0.3, -0.25) is 4.79 Å². The van der Waals surface area contributed by atoms with E-state index in [0.29, 0.717) is 11.4 Å². The van der Waals surface area contributed by atoms with Crippen LogP contribution in [0.5, 0.6) is 0 Å². The number of carbonyl (C=O) groups excluding carboxylic acids is 1. The minimum Gasteiger partial charge on any atom is -0.341 e. The molecule has 2 aromatic carbocycles. The van der Waals surface area contributed by atoms with Gasteiger partial charge in [-0.2, -0.15) is 5.10 Å². The third-order valence-corrected chi connectivity index (χ3v) is 4.66. The third kappa shape index (κ3) is 3.55. The van der Waals surface area contributed by atoms with Gasteiger partial charge in [0, 0.05) is 6.20 Å². The van der Waals surface area contributed by atoms with E-state index in [2.05, 4.69) is 15.4 Å². The van der Waals surface area contributed by atoms with Crippen LogP contribution >= 0.6 is 0 Å². The average Bonchev–Trinajstić information content (AvgIpc) is 3.15. The van der Waals surface area contributed by atoms with Crippen LogP contribution in [0.2, 0.25) is 0 Å². The highest BCUT2D eigenvalue weighted by Crippen LogP contribution is 2.23. The number of rotatable bonds is 5. The maximum Gasteiger partial charge on any atom is 0.255 e. The quantitative estimate of drug-likeness (QED) is 0.577. The second kappa shape index (κ2) is 7.88. The fraction of sp³-hybridized carbons (Fsp3) is 0.0870. The van der Waals surface area contributed by atoms with Crippen molar-refractivity contribution in [3.8, 4) is 5.82 Å². The lowest BCUT2D eigenvalue weighted by Crippen LogP contribution is -2.29. The van der Waals surface area contributed by atoms with Gasteiger partial charge in [-0.25, -0.2) is 9.67 Å². The number of pyridine rings is 1.